The molecule has 4 rings (SSSR count). The highest BCUT2D eigenvalue weighted by Crippen LogP contribution is 2.48. The molecule has 3 aromatic rings. The number of thiophene rings is 1. The molecule has 30 heavy (non-hydrogen) atoms. The van der Waals surface area contributed by atoms with Gasteiger partial charge in [0.2, 0.25) is 5.91 Å². The molecular weight excluding hydrogens is 401 g/mol. The molecule has 0 fully saturated rings. The number of carbonyl (C=O) groups excluding carboxylic acids is 1. The fraction of sp³-hybridized carbons (Fsp3) is 0.208. The largest absolute Gasteiger partial charge is 0.490 e. The van der Waals surface area contributed by atoms with Crippen molar-refractivity contribution < 1.29 is 18.7 Å². The summed E-state index contributed by atoms with van der Waals surface area (Å²) in [5.74, 6) is 3.03. The third-order valence-corrected chi connectivity index (χ3v) is 6.03. The van der Waals surface area contributed by atoms with Gasteiger partial charge in [0.15, 0.2) is 11.5 Å². The van der Waals surface area contributed by atoms with Gasteiger partial charge < -0.3 is 14.8 Å². The second-order valence-corrected chi connectivity index (χ2v) is 7.72. The maximum absolute atomic E-state index is 14.4. The minimum absolute atomic E-state index is 0.103. The van der Waals surface area contributed by atoms with E-state index >= 15 is 0 Å². The summed E-state index contributed by atoms with van der Waals surface area (Å²) < 4.78 is 25.7. The highest BCUT2D eigenvalue weighted by atomic mass is 32.1. The van der Waals surface area contributed by atoms with Crippen LogP contribution in [-0.2, 0) is 4.79 Å². The predicted octanol–water partition coefficient (Wildman–Crippen LogP) is 5.44. The van der Waals surface area contributed by atoms with Crippen LogP contribution >= 0.6 is 11.3 Å². The molecule has 0 radical (unpaired) electrons. The van der Waals surface area contributed by atoms with Gasteiger partial charge in [-0.05, 0) is 30.7 Å². The lowest BCUT2D eigenvalue weighted by molar-refractivity contribution is -0.116. The van der Waals surface area contributed by atoms with Crippen molar-refractivity contribution in [3.63, 3.8) is 0 Å². The van der Waals surface area contributed by atoms with E-state index in [-0.39, 0.29) is 24.2 Å². The molecule has 1 aliphatic heterocycles. The lowest BCUT2D eigenvalue weighted by atomic mass is 9.89. The van der Waals surface area contributed by atoms with Gasteiger partial charge in [-0.2, -0.15) is 0 Å². The van der Waals surface area contributed by atoms with Crippen molar-refractivity contribution in [2.24, 2.45) is 0 Å². The molecule has 1 N–H and O–H groups in total. The minimum atomic E-state index is -0.317. The monoisotopic (exact) mass is 421 g/mol. The van der Waals surface area contributed by atoms with E-state index in [1.807, 2.05) is 30.5 Å². The van der Waals surface area contributed by atoms with E-state index in [2.05, 4.69) is 11.2 Å². The first-order valence-electron chi connectivity index (χ1n) is 9.61. The van der Waals surface area contributed by atoms with E-state index in [4.69, 9.17) is 15.9 Å². The summed E-state index contributed by atoms with van der Waals surface area (Å²) in [7, 11) is 0. The Morgan fingerprint density at radius 2 is 2.03 bits per heavy atom. The zero-order chi connectivity index (χ0) is 21.1. The first-order chi connectivity index (χ1) is 14.6. The molecule has 0 bridgehead atoms. The summed E-state index contributed by atoms with van der Waals surface area (Å²) >= 11 is 1.52. The van der Waals surface area contributed by atoms with Crippen molar-refractivity contribution in [2.75, 3.05) is 18.5 Å². The third kappa shape index (κ3) is 3.77. The van der Waals surface area contributed by atoms with Crippen LogP contribution in [0, 0.1) is 18.2 Å². The number of nitrogens with one attached hydrogen (secondary N) is 1. The molecule has 4 nitrogen and oxygen atoms in total. The first-order valence-corrected chi connectivity index (χ1v) is 10.5. The number of rotatable bonds is 6. The van der Waals surface area contributed by atoms with Crippen molar-refractivity contribution in [2.45, 2.75) is 19.3 Å². The summed E-state index contributed by atoms with van der Waals surface area (Å²) in [5.41, 5.74) is 2.79. The quantitative estimate of drug-likeness (QED) is 0.539. The molecular formula is C24H20FNO3S. The molecule has 0 saturated carbocycles. The van der Waals surface area contributed by atoms with Crippen LogP contribution in [0.1, 0.15) is 29.7 Å². The van der Waals surface area contributed by atoms with Crippen molar-refractivity contribution >= 4 is 22.9 Å². The Labute approximate surface area is 178 Å². The van der Waals surface area contributed by atoms with Gasteiger partial charge >= 0.3 is 0 Å². The summed E-state index contributed by atoms with van der Waals surface area (Å²) in [6.07, 6.45) is 5.60. The van der Waals surface area contributed by atoms with E-state index in [1.54, 1.807) is 18.2 Å². The number of ether oxygens (including phenoxy) is 2. The zero-order valence-corrected chi connectivity index (χ0v) is 17.2. The molecule has 6 heteroatoms. The molecule has 1 unspecified atom stereocenters. The Balaban J connectivity index is 1.76. The molecule has 152 valence electrons. The van der Waals surface area contributed by atoms with Crippen molar-refractivity contribution in [1.82, 2.24) is 0 Å². The number of carbonyl (C=O) groups is 1. The lowest BCUT2D eigenvalue weighted by Gasteiger charge is -2.25. The van der Waals surface area contributed by atoms with E-state index in [0.717, 1.165) is 10.4 Å². The van der Waals surface area contributed by atoms with Crippen LogP contribution in [0.5, 0.6) is 11.5 Å². The number of fused-ring (bicyclic) bond motifs is 1. The first kappa shape index (κ1) is 20.0. The summed E-state index contributed by atoms with van der Waals surface area (Å²) in [4.78, 5) is 13.5. The van der Waals surface area contributed by atoms with Gasteiger partial charge in [0.1, 0.15) is 12.4 Å². The van der Waals surface area contributed by atoms with Crippen LogP contribution in [0.4, 0.5) is 10.1 Å². The standard InChI is InChI=1S/C24H20FNO3S/c1-3-11-29-20-10-9-15(12-21(20)28-4-2)17-13-22(27)26-23-18(14-30-24(17)23)16-7-5-6-8-19(16)25/h1,5-10,12,14,17H,4,11,13H2,2H3,(H,26,27). The highest BCUT2D eigenvalue weighted by Gasteiger charge is 2.31. The topological polar surface area (TPSA) is 47.6 Å². The molecule has 1 amide bonds. The number of amides is 1. The average molecular weight is 421 g/mol. The minimum Gasteiger partial charge on any atom is -0.490 e. The van der Waals surface area contributed by atoms with E-state index in [1.165, 1.54) is 17.4 Å². The van der Waals surface area contributed by atoms with Crippen LogP contribution < -0.4 is 14.8 Å². The number of terminal acetylenes is 1. The Morgan fingerprint density at radius 3 is 2.80 bits per heavy atom. The van der Waals surface area contributed by atoms with Crippen LogP contribution in [-0.4, -0.2) is 19.1 Å². The summed E-state index contributed by atoms with van der Waals surface area (Å²) in [6, 6.07) is 12.2. The van der Waals surface area contributed by atoms with Gasteiger partial charge in [0, 0.05) is 33.7 Å². The number of hydrogen-bond acceptors (Lipinski definition) is 4. The molecule has 0 saturated heterocycles. The van der Waals surface area contributed by atoms with Crippen molar-refractivity contribution in [3.05, 3.63) is 64.1 Å². The average Bonchev–Trinajstić information content (AvgIpc) is 3.16. The van der Waals surface area contributed by atoms with Gasteiger partial charge in [-0.25, -0.2) is 4.39 Å². The second kappa shape index (κ2) is 8.60. The number of benzene rings is 2. The number of hydrogen-bond donors (Lipinski definition) is 1. The van der Waals surface area contributed by atoms with E-state index in [9.17, 15) is 9.18 Å². The zero-order valence-electron chi connectivity index (χ0n) is 16.4. The Bertz CT molecular complexity index is 1130. The molecule has 2 heterocycles. The fourth-order valence-corrected chi connectivity index (χ4v) is 4.77. The molecule has 1 atom stereocenters. The van der Waals surface area contributed by atoms with Crippen molar-refractivity contribution in [3.8, 4) is 35.0 Å². The molecule has 0 spiro atoms. The van der Waals surface area contributed by atoms with Crippen LogP contribution in [0.25, 0.3) is 11.1 Å². The second-order valence-electron chi connectivity index (χ2n) is 6.81. The normalized spacial score (nSPS) is 15.1. The smallest absolute Gasteiger partial charge is 0.225 e. The van der Waals surface area contributed by atoms with Gasteiger partial charge in [-0.1, -0.05) is 30.2 Å². The van der Waals surface area contributed by atoms with Gasteiger partial charge in [-0.15, -0.1) is 17.8 Å². The fourth-order valence-electron chi connectivity index (χ4n) is 3.62. The van der Waals surface area contributed by atoms with Crippen molar-refractivity contribution in [1.29, 1.82) is 0 Å². The molecule has 0 aliphatic carbocycles. The van der Waals surface area contributed by atoms with Crippen LogP contribution in [0.15, 0.2) is 47.8 Å². The van der Waals surface area contributed by atoms with E-state index in [0.29, 0.717) is 41.3 Å². The molecule has 2 aromatic carbocycles. The maximum atomic E-state index is 14.4. The lowest BCUT2D eigenvalue weighted by Crippen LogP contribution is -2.22. The van der Waals surface area contributed by atoms with Crippen LogP contribution in [0.2, 0.25) is 0 Å². The van der Waals surface area contributed by atoms with Crippen LogP contribution in [0.3, 0.4) is 0 Å². The van der Waals surface area contributed by atoms with Gasteiger partial charge in [-0.3, -0.25) is 4.79 Å². The Hall–Kier alpha value is -3.30. The maximum Gasteiger partial charge on any atom is 0.225 e. The molecule has 1 aromatic heterocycles. The number of anilines is 1. The van der Waals surface area contributed by atoms with E-state index < -0.39 is 0 Å². The van der Waals surface area contributed by atoms with Gasteiger partial charge in [0.05, 0.1) is 12.3 Å². The predicted molar refractivity (Wildman–Crippen MR) is 117 cm³/mol. The summed E-state index contributed by atoms with van der Waals surface area (Å²) in [6.45, 7) is 2.51. The Morgan fingerprint density at radius 1 is 1.20 bits per heavy atom. The SMILES string of the molecule is C#CCOc1ccc(C2CC(=O)Nc3c(-c4ccccc4F)csc32)cc1OCC. The highest BCUT2D eigenvalue weighted by molar-refractivity contribution is 7.11. The summed E-state index contributed by atoms with van der Waals surface area (Å²) in [5, 5.41) is 4.84. The molecule has 1 aliphatic rings. The third-order valence-electron chi connectivity index (χ3n) is 4.93. The van der Waals surface area contributed by atoms with Gasteiger partial charge in [0.25, 0.3) is 0 Å². The Kier molecular flexibility index (Phi) is 5.73. The number of halogens is 1.